The van der Waals surface area contributed by atoms with Gasteiger partial charge in [-0.1, -0.05) is 0 Å². The first-order valence-electron chi connectivity index (χ1n) is 8.65. The van der Waals surface area contributed by atoms with Gasteiger partial charge in [0, 0.05) is 22.4 Å². The number of aromatic amines is 1. The molecule has 1 fully saturated rings. The van der Waals surface area contributed by atoms with Crippen LogP contribution in [0.5, 0.6) is 0 Å². The van der Waals surface area contributed by atoms with Crippen LogP contribution in [-0.2, 0) is 0 Å². The highest BCUT2D eigenvalue weighted by Gasteiger charge is 2.30. The number of hydrogen-bond acceptors (Lipinski definition) is 3. The van der Waals surface area contributed by atoms with Crippen LogP contribution in [0.2, 0.25) is 0 Å². The number of hydrogen-bond donors (Lipinski definition) is 1. The smallest absolute Gasteiger partial charge is 0.265 e. The van der Waals surface area contributed by atoms with Gasteiger partial charge in [0.2, 0.25) is 0 Å². The van der Waals surface area contributed by atoms with Crippen LogP contribution in [0.3, 0.4) is 0 Å². The van der Waals surface area contributed by atoms with E-state index >= 15 is 0 Å². The van der Waals surface area contributed by atoms with Crippen LogP contribution >= 0.6 is 0 Å². The summed E-state index contributed by atoms with van der Waals surface area (Å²) in [4.78, 5) is 4.62. The van der Waals surface area contributed by atoms with Gasteiger partial charge in [0.1, 0.15) is 0 Å². The molecule has 0 amide bonds. The number of rotatable bonds is 3. The van der Waals surface area contributed by atoms with Crippen LogP contribution in [0, 0.1) is 13.8 Å². The highest BCUT2D eigenvalue weighted by molar-refractivity contribution is 5.87. The molecule has 132 valence electrons. The SMILES string of the molecule is Cc1cc(-c2c(C(F)F)cc(C)c3nc(C4CC4)nn23)cc2cn[nH]c12. The summed E-state index contributed by atoms with van der Waals surface area (Å²) in [5.41, 5.74) is 4.31. The van der Waals surface area contributed by atoms with Crippen molar-refractivity contribution in [2.24, 2.45) is 0 Å². The molecule has 1 aliphatic rings. The van der Waals surface area contributed by atoms with E-state index in [0.717, 1.165) is 35.1 Å². The standard InChI is InChI=1S/C19H17F2N5/c1-9-5-12(7-13-8-22-24-15(9)13)16-14(17(20)21)6-10(2)19-23-18(11-3-4-11)25-26(16)19/h5-8,11,17H,3-4H2,1-2H3,(H,22,24). The zero-order valence-electron chi connectivity index (χ0n) is 14.4. The molecule has 0 saturated heterocycles. The molecule has 1 N–H and O–H groups in total. The number of pyridine rings is 1. The van der Waals surface area contributed by atoms with E-state index in [1.54, 1.807) is 17.6 Å². The first-order chi connectivity index (χ1) is 12.5. The molecule has 4 aromatic rings. The Morgan fingerprint density at radius 3 is 2.69 bits per heavy atom. The molecule has 5 nitrogen and oxygen atoms in total. The molecule has 26 heavy (non-hydrogen) atoms. The van der Waals surface area contributed by atoms with Gasteiger partial charge in [0.15, 0.2) is 11.5 Å². The van der Waals surface area contributed by atoms with Gasteiger partial charge in [-0.3, -0.25) is 5.10 Å². The number of aromatic nitrogens is 5. The predicted molar refractivity (Wildman–Crippen MR) is 94.5 cm³/mol. The summed E-state index contributed by atoms with van der Waals surface area (Å²) in [5.74, 6) is 1.11. The number of aryl methyl sites for hydroxylation is 2. The Kier molecular flexibility index (Phi) is 3.16. The number of nitrogens with one attached hydrogen (secondary N) is 1. The lowest BCUT2D eigenvalue weighted by Gasteiger charge is -2.13. The van der Waals surface area contributed by atoms with Crippen LogP contribution in [0.1, 0.15) is 47.7 Å². The quantitative estimate of drug-likeness (QED) is 0.580. The second-order valence-electron chi connectivity index (χ2n) is 7.04. The van der Waals surface area contributed by atoms with Gasteiger partial charge in [0.25, 0.3) is 6.43 Å². The van der Waals surface area contributed by atoms with Gasteiger partial charge in [-0.25, -0.2) is 18.3 Å². The van der Waals surface area contributed by atoms with Crippen LogP contribution in [-0.4, -0.2) is 24.8 Å². The lowest BCUT2D eigenvalue weighted by Crippen LogP contribution is -2.03. The van der Waals surface area contributed by atoms with Gasteiger partial charge in [-0.05, 0) is 56.0 Å². The molecule has 1 aliphatic carbocycles. The number of H-pyrrole nitrogens is 1. The molecule has 3 aromatic heterocycles. The maximum Gasteiger partial charge on any atom is 0.265 e. The molecule has 0 atom stereocenters. The maximum absolute atomic E-state index is 13.9. The normalized spacial score (nSPS) is 14.8. The van der Waals surface area contributed by atoms with Crippen molar-refractivity contribution in [2.75, 3.05) is 0 Å². The lowest BCUT2D eigenvalue weighted by atomic mass is 10.0. The second-order valence-corrected chi connectivity index (χ2v) is 7.04. The van der Waals surface area contributed by atoms with Crippen molar-refractivity contribution in [3.63, 3.8) is 0 Å². The third kappa shape index (κ3) is 2.23. The average molecular weight is 353 g/mol. The van der Waals surface area contributed by atoms with Gasteiger partial charge in [-0.15, -0.1) is 0 Å². The fourth-order valence-electron chi connectivity index (χ4n) is 3.57. The van der Waals surface area contributed by atoms with E-state index in [9.17, 15) is 8.78 Å². The molecular weight excluding hydrogens is 336 g/mol. The zero-order chi connectivity index (χ0) is 18.0. The van der Waals surface area contributed by atoms with E-state index in [1.165, 1.54) is 6.07 Å². The van der Waals surface area contributed by atoms with Gasteiger partial charge < -0.3 is 0 Å². The number of benzene rings is 1. The van der Waals surface area contributed by atoms with Crippen LogP contribution in [0.4, 0.5) is 8.78 Å². The van der Waals surface area contributed by atoms with Crippen LogP contribution in [0.15, 0.2) is 24.4 Å². The number of alkyl halides is 2. The summed E-state index contributed by atoms with van der Waals surface area (Å²) in [6.45, 7) is 3.75. The van der Waals surface area contributed by atoms with Gasteiger partial charge in [0.05, 0.1) is 17.4 Å². The first-order valence-corrected chi connectivity index (χ1v) is 8.65. The molecule has 3 heterocycles. The minimum Gasteiger partial charge on any atom is -0.278 e. The Morgan fingerprint density at radius 1 is 1.15 bits per heavy atom. The average Bonchev–Trinajstić information content (AvgIpc) is 3.16. The van der Waals surface area contributed by atoms with E-state index in [0.29, 0.717) is 28.4 Å². The minimum absolute atomic E-state index is 0.0236. The fourth-order valence-corrected chi connectivity index (χ4v) is 3.57. The van der Waals surface area contributed by atoms with E-state index < -0.39 is 6.43 Å². The van der Waals surface area contributed by atoms with Crippen LogP contribution in [0.25, 0.3) is 27.8 Å². The summed E-state index contributed by atoms with van der Waals surface area (Å²) in [7, 11) is 0. The Hall–Kier alpha value is -2.83. The molecule has 0 unspecified atom stereocenters. The van der Waals surface area contributed by atoms with Crippen molar-refractivity contribution in [1.82, 2.24) is 24.8 Å². The number of halogens is 2. The Balaban J connectivity index is 1.86. The Bertz CT molecular complexity index is 1150. The van der Waals surface area contributed by atoms with Gasteiger partial charge >= 0.3 is 0 Å². The van der Waals surface area contributed by atoms with E-state index in [4.69, 9.17) is 0 Å². The van der Waals surface area contributed by atoms with Crippen molar-refractivity contribution in [2.45, 2.75) is 39.0 Å². The first kappa shape index (κ1) is 15.4. The van der Waals surface area contributed by atoms with E-state index in [-0.39, 0.29) is 5.56 Å². The molecule has 7 heteroatoms. The van der Waals surface area contributed by atoms with Crippen molar-refractivity contribution in [1.29, 1.82) is 0 Å². The number of nitrogens with zero attached hydrogens (tertiary/aromatic N) is 4. The largest absolute Gasteiger partial charge is 0.278 e. The highest BCUT2D eigenvalue weighted by atomic mass is 19.3. The Labute approximate surface area is 148 Å². The fraction of sp³-hybridized carbons (Fsp3) is 0.316. The second kappa shape index (κ2) is 5.33. The predicted octanol–water partition coefficient (Wildman–Crippen LogP) is 4.70. The molecule has 5 rings (SSSR count). The van der Waals surface area contributed by atoms with Crippen molar-refractivity contribution in [3.05, 3.63) is 46.9 Å². The summed E-state index contributed by atoms with van der Waals surface area (Å²) in [6.07, 6.45) is 1.23. The van der Waals surface area contributed by atoms with E-state index in [2.05, 4.69) is 20.3 Å². The van der Waals surface area contributed by atoms with Crippen molar-refractivity contribution in [3.8, 4) is 11.3 Å². The third-order valence-corrected chi connectivity index (χ3v) is 5.03. The summed E-state index contributed by atoms with van der Waals surface area (Å²) in [5, 5.41) is 12.5. The van der Waals surface area contributed by atoms with E-state index in [1.807, 2.05) is 19.1 Å². The van der Waals surface area contributed by atoms with Gasteiger partial charge in [-0.2, -0.15) is 10.2 Å². The highest BCUT2D eigenvalue weighted by Crippen LogP contribution is 2.40. The summed E-state index contributed by atoms with van der Waals surface area (Å²) >= 11 is 0. The molecule has 1 aromatic carbocycles. The lowest BCUT2D eigenvalue weighted by molar-refractivity contribution is 0.151. The molecule has 0 aliphatic heterocycles. The van der Waals surface area contributed by atoms with Crippen molar-refractivity contribution < 1.29 is 8.78 Å². The molecule has 1 saturated carbocycles. The molecular formula is C19H17F2N5. The topological polar surface area (TPSA) is 58.9 Å². The summed E-state index contributed by atoms with van der Waals surface area (Å²) < 4.78 is 29.3. The molecule has 0 bridgehead atoms. The maximum atomic E-state index is 13.9. The van der Waals surface area contributed by atoms with Crippen LogP contribution < -0.4 is 0 Å². The molecule has 0 radical (unpaired) electrons. The Morgan fingerprint density at radius 2 is 1.96 bits per heavy atom. The minimum atomic E-state index is -2.60. The zero-order valence-corrected chi connectivity index (χ0v) is 14.4. The third-order valence-electron chi connectivity index (χ3n) is 5.03. The van der Waals surface area contributed by atoms with Crippen molar-refractivity contribution >= 4 is 16.6 Å². The number of fused-ring (bicyclic) bond motifs is 2. The summed E-state index contributed by atoms with van der Waals surface area (Å²) in [6, 6.07) is 5.31. The molecule has 0 spiro atoms. The monoisotopic (exact) mass is 353 g/mol.